The van der Waals surface area contributed by atoms with Crippen LogP contribution in [0.5, 0.6) is 0 Å². The SMILES string of the molecule is CC(C)(C)OC(=O)N1CCC(F)(F)CC1C1=NC1. The Morgan fingerprint density at radius 3 is 2.61 bits per heavy atom. The zero-order chi connectivity index (χ0) is 13.6. The van der Waals surface area contributed by atoms with E-state index >= 15 is 0 Å². The molecule has 1 atom stereocenters. The molecule has 18 heavy (non-hydrogen) atoms. The van der Waals surface area contributed by atoms with Crippen LogP contribution >= 0.6 is 0 Å². The Labute approximate surface area is 105 Å². The minimum Gasteiger partial charge on any atom is -0.444 e. The summed E-state index contributed by atoms with van der Waals surface area (Å²) in [6, 6.07) is -0.594. The van der Waals surface area contributed by atoms with E-state index in [-0.39, 0.29) is 19.4 Å². The summed E-state index contributed by atoms with van der Waals surface area (Å²) in [4.78, 5) is 17.3. The number of hydrogen-bond acceptors (Lipinski definition) is 3. The highest BCUT2D eigenvalue weighted by molar-refractivity contribution is 6.02. The number of hydrogen-bond donors (Lipinski definition) is 0. The smallest absolute Gasteiger partial charge is 0.410 e. The van der Waals surface area contributed by atoms with Crippen LogP contribution < -0.4 is 0 Å². The molecule has 6 heteroatoms. The lowest BCUT2D eigenvalue weighted by Crippen LogP contribution is -2.53. The first-order chi connectivity index (χ1) is 8.18. The maximum Gasteiger partial charge on any atom is 0.410 e. The number of amides is 1. The molecule has 0 radical (unpaired) electrons. The second-order valence-corrected chi connectivity index (χ2v) is 5.81. The van der Waals surface area contributed by atoms with Crippen molar-refractivity contribution in [3.05, 3.63) is 0 Å². The standard InChI is InChI=1S/C12H18F2N2O2/c1-11(2,3)18-10(17)16-5-4-12(13,14)6-9(16)8-7-15-8/h9H,4-7H2,1-3H3. The van der Waals surface area contributed by atoms with Gasteiger partial charge in [-0.05, 0) is 20.8 Å². The molecule has 1 saturated heterocycles. The third-order valence-electron chi connectivity index (χ3n) is 2.94. The van der Waals surface area contributed by atoms with Gasteiger partial charge in [0.05, 0.1) is 18.3 Å². The molecular weight excluding hydrogens is 242 g/mol. The van der Waals surface area contributed by atoms with Gasteiger partial charge in [-0.25, -0.2) is 13.6 Å². The van der Waals surface area contributed by atoms with Crippen molar-refractivity contribution in [2.45, 2.75) is 51.2 Å². The lowest BCUT2D eigenvalue weighted by Gasteiger charge is -2.38. The van der Waals surface area contributed by atoms with Crippen LogP contribution in [0.2, 0.25) is 0 Å². The molecule has 0 saturated carbocycles. The normalized spacial score (nSPS) is 26.6. The van der Waals surface area contributed by atoms with Gasteiger partial charge >= 0.3 is 6.09 Å². The lowest BCUT2D eigenvalue weighted by atomic mass is 9.97. The lowest BCUT2D eigenvalue weighted by molar-refractivity contribution is -0.0680. The van der Waals surface area contributed by atoms with Crippen molar-refractivity contribution in [2.75, 3.05) is 13.1 Å². The molecule has 1 fully saturated rings. The molecule has 0 bridgehead atoms. The van der Waals surface area contributed by atoms with Crippen molar-refractivity contribution >= 4 is 11.8 Å². The fourth-order valence-corrected chi connectivity index (χ4v) is 2.03. The van der Waals surface area contributed by atoms with Crippen LogP contribution in [-0.2, 0) is 4.74 Å². The van der Waals surface area contributed by atoms with Crippen LogP contribution in [-0.4, -0.2) is 47.4 Å². The van der Waals surface area contributed by atoms with E-state index in [4.69, 9.17) is 4.74 Å². The van der Waals surface area contributed by atoms with Crippen LogP contribution in [0.1, 0.15) is 33.6 Å². The van der Waals surface area contributed by atoms with Gasteiger partial charge < -0.3 is 4.74 Å². The van der Waals surface area contributed by atoms with Crippen LogP contribution in [0.4, 0.5) is 13.6 Å². The third kappa shape index (κ3) is 3.17. The van der Waals surface area contributed by atoms with Gasteiger partial charge in [0.15, 0.2) is 0 Å². The highest BCUT2D eigenvalue weighted by Crippen LogP contribution is 2.34. The minimum atomic E-state index is -2.71. The second-order valence-electron chi connectivity index (χ2n) is 5.81. The van der Waals surface area contributed by atoms with Crippen molar-refractivity contribution < 1.29 is 18.3 Å². The molecule has 2 rings (SSSR count). The van der Waals surface area contributed by atoms with Gasteiger partial charge in [-0.1, -0.05) is 0 Å². The van der Waals surface area contributed by atoms with E-state index in [1.165, 1.54) is 4.90 Å². The molecule has 1 amide bonds. The molecule has 102 valence electrons. The quantitative estimate of drug-likeness (QED) is 0.726. The first-order valence-electron chi connectivity index (χ1n) is 6.09. The molecule has 2 heterocycles. The number of nitrogens with zero attached hydrogens (tertiary/aromatic N) is 2. The van der Waals surface area contributed by atoms with E-state index in [0.29, 0.717) is 12.3 Å². The van der Waals surface area contributed by atoms with E-state index in [0.717, 1.165) is 0 Å². The van der Waals surface area contributed by atoms with E-state index in [9.17, 15) is 13.6 Å². The van der Waals surface area contributed by atoms with Crippen molar-refractivity contribution in [3.8, 4) is 0 Å². The number of rotatable bonds is 1. The molecule has 0 aromatic heterocycles. The van der Waals surface area contributed by atoms with Crippen LogP contribution in [0.3, 0.4) is 0 Å². The van der Waals surface area contributed by atoms with E-state index in [1.807, 2.05) is 0 Å². The molecule has 0 aromatic carbocycles. The van der Waals surface area contributed by atoms with E-state index < -0.39 is 23.7 Å². The molecule has 4 nitrogen and oxygen atoms in total. The molecule has 0 aromatic rings. The first-order valence-corrected chi connectivity index (χ1v) is 6.09. The first kappa shape index (κ1) is 13.2. The Morgan fingerprint density at radius 2 is 2.11 bits per heavy atom. The van der Waals surface area contributed by atoms with Gasteiger partial charge in [0.2, 0.25) is 0 Å². The Hall–Kier alpha value is -1.20. The monoisotopic (exact) mass is 260 g/mol. The molecule has 2 aliphatic rings. The molecule has 2 aliphatic heterocycles. The van der Waals surface area contributed by atoms with Crippen LogP contribution in [0.15, 0.2) is 4.99 Å². The zero-order valence-corrected chi connectivity index (χ0v) is 10.9. The van der Waals surface area contributed by atoms with Gasteiger partial charge in [0.1, 0.15) is 5.60 Å². The van der Waals surface area contributed by atoms with Crippen molar-refractivity contribution in [1.29, 1.82) is 0 Å². The summed E-state index contributed by atoms with van der Waals surface area (Å²) in [5.41, 5.74) is 0.0627. The number of halogens is 2. The average molecular weight is 260 g/mol. The highest BCUT2D eigenvalue weighted by Gasteiger charge is 2.46. The molecular formula is C12H18F2N2O2. The Bertz CT molecular complexity index is 388. The second kappa shape index (κ2) is 4.17. The predicted molar refractivity (Wildman–Crippen MR) is 63.2 cm³/mol. The van der Waals surface area contributed by atoms with Gasteiger partial charge in [0.25, 0.3) is 5.92 Å². The number of piperidine rings is 1. The Balaban J connectivity index is 2.07. The number of likely N-dealkylation sites (tertiary alicyclic amines) is 1. The van der Waals surface area contributed by atoms with Gasteiger partial charge in [-0.3, -0.25) is 9.89 Å². The summed E-state index contributed by atoms with van der Waals surface area (Å²) >= 11 is 0. The van der Waals surface area contributed by atoms with Crippen molar-refractivity contribution in [3.63, 3.8) is 0 Å². The van der Waals surface area contributed by atoms with Crippen molar-refractivity contribution in [2.24, 2.45) is 4.99 Å². The Morgan fingerprint density at radius 1 is 1.50 bits per heavy atom. The fraction of sp³-hybridized carbons (Fsp3) is 0.833. The number of alkyl halides is 2. The van der Waals surface area contributed by atoms with Gasteiger partial charge in [0, 0.05) is 19.4 Å². The maximum atomic E-state index is 13.4. The van der Waals surface area contributed by atoms with Gasteiger partial charge in [-0.15, -0.1) is 0 Å². The summed E-state index contributed by atoms with van der Waals surface area (Å²) in [7, 11) is 0. The molecule has 0 aliphatic carbocycles. The summed E-state index contributed by atoms with van der Waals surface area (Å²) in [5.74, 6) is -2.71. The topological polar surface area (TPSA) is 41.9 Å². The highest BCUT2D eigenvalue weighted by atomic mass is 19.3. The molecule has 1 unspecified atom stereocenters. The summed E-state index contributed by atoms with van der Waals surface area (Å²) in [6.07, 6.45) is -1.18. The number of carbonyl (C=O) groups is 1. The summed E-state index contributed by atoms with van der Waals surface area (Å²) in [5, 5.41) is 0. The van der Waals surface area contributed by atoms with E-state index in [2.05, 4.69) is 4.99 Å². The number of carbonyl (C=O) groups excluding carboxylic acids is 1. The van der Waals surface area contributed by atoms with E-state index in [1.54, 1.807) is 20.8 Å². The molecule has 0 N–H and O–H groups in total. The largest absolute Gasteiger partial charge is 0.444 e. The summed E-state index contributed by atoms with van der Waals surface area (Å²) in [6.45, 7) is 5.78. The van der Waals surface area contributed by atoms with Crippen LogP contribution in [0.25, 0.3) is 0 Å². The molecule has 0 spiro atoms. The zero-order valence-electron chi connectivity index (χ0n) is 10.9. The predicted octanol–water partition coefficient (Wildman–Crippen LogP) is 2.48. The number of aliphatic imine (C=N–C) groups is 1. The maximum absolute atomic E-state index is 13.4. The van der Waals surface area contributed by atoms with Crippen LogP contribution in [0, 0.1) is 0 Å². The summed E-state index contributed by atoms with van der Waals surface area (Å²) < 4.78 is 32.0. The number of ether oxygens (including phenoxy) is 1. The van der Waals surface area contributed by atoms with Crippen molar-refractivity contribution in [1.82, 2.24) is 4.90 Å². The minimum absolute atomic E-state index is 0.0194. The Kier molecular flexibility index (Phi) is 3.07. The fourth-order valence-electron chi connectivity index (χ4n) is 2.03. The van der Waals surface area contributed by atoms with Gasteiger partial charge in [-0.2, -0.15) is 0 Å². The average Bonchev–Trinajstić information content (AvgIpc) is 2.95. The third-order valence-corrected chi connectivity index (χ3v) is 2.94.